The molecule has 4 rings (SSSR count). The fourth-order valence-electron chi connectivity index (χ4n) is 4.74. The number of benzene rings is 2. The zero-order valence-electron chi connectivity index (χ0n) is 21.2. The normalized spacial score (nSPS) is 20.5. The summed E-state index contributed by atoms with van der Waals surface area (Å²) in [5, 5.41) is 5.72. The maximum atomic E-state index is 14.0. The van der Waals surface area contributed by atoms with Crippen LogP contribution in [0.4, 0.5) is 19.7 Å². The smallest absolute Gasteiger partial charge is 0.338 e. The van der Waals surface area contributed by atoms with E-state index in [9.17, 15) is 18.8 Å². The second-order valence-electron chi connectivity index (χ2n) is 9.15. The molecule has 196 valence electrons. The number of likely N-dealkylation sites (N-methyl/N-ethyl adjacent to an activating group) is 1. The number of piperazine rings is 1. The number of carbonyl (C=O) groups is 3. The maximum absolute atomic E-state index is 14.0. The molecular formula is C27H32FN5O4. The quantitative estimate of drug-likeness (QED) is 0.581. The largest absolute Gasteiger partial charge is 0.463 e. The molecule has 2 aliphatic heterocycles. The van der Waals surface area contributed by atoms with Crippen LogP contribution in [-0.4, -0.2) is 78.6 Å². The minimum Gasteiger partial charge on any atom is -0.463 e. The van der Waals surface area contributed by atoms with Gasteiger partial charge in [-0.3, -0.25) is 9.80 Å². The van der Waals surface area contributed by atoms with E-state index in [-0.39, 0.29) is 24.3 Å². The van der Waals surface area contributed by atoms with Crippen LogP contribution < -0.4 is 10.6 Å². The molecule has 4 amide bonds. The molecule has 10 heteroatoms. The van der Waals surface area contributed by atoms with Crippen molar-refractivity contribution in [2.45, 2.75) is 25.9 Å². The van der Waals surface area contributed by atoms with E-state index in [1.54, 1.807) is 31.0 Å². The molecule has 0 saturated carbocycles. The molecule has 0 unspecified atom stereocenters. The fraction of sp³-hybridized carbons (Fsp3) is 0.370. The summed E-state index contributed by atoms with van der Waals surface area (Å²) in [5.41, 5.74) is 1.94. The van der Waals surface area contributed by atoms with Crippen molar-refractivity contribution >= 4 is 23.7 Å². The van der Waals surface area contributed by atoms with E-state index in [0.29, 0.717) is 37.4 Å². The number of anilines is 1. The average molecular weight is 510 g/mol. The van der Waals surface area contributed by atoms with Gasteiger partial charge in [-0.25, -0.2) is 18.8 Å². The van der Waals surface area contributed by atoms with Gasteiger partial charge in [0.05, 0.1) is 18.2 Å². The van der Waals surface area contributed by atoms with Crippen LogP contribution in [0.2, 0.25) is 0 Å². The van der Waals surface area contributed by atoms with Gasteiger partial charge in [0.1, 0.15) is 5.82 Å². The molecule has 2 N–H and O–H groups in total. The van der Waals surface area contributed by atoms with Gasteiger partial charge in [-0.1, -0.05) is 30.3 Å². The van der Waals surface area contributed by atoms with Crippen LogP contribution in [-0.2, 0) is 9.53 Å². The van der Waals surface area contributed by atoms with Crippen LogP contribution in [0.25, 0.3) is 0 Å². The molecule has 1 fully saturated rings. The lowest BCUT2D eigenvalue weighted by Gasteiger charge is -2.42. The van der Waals surface area contributed by atoms with Gasteiger partial charge in [0, 0.05) is 50.7 Å². The number of esters is 1. The van der Waals surface area contributed by atoms with Gasteiger partial charge >= 0.3 is 18.0 Å². The average Bonchev–Trinajstić information content (AvgIpc) is 2.87. The topological polar surface area (TPSA) is 94.2 Å². The van der Waals surface area contributed by atoms with Crippen molar-refractivity contribution in [3.8, 4) is 0 Å². The summed E-state index contributed by atoms with van der Waals surface area (Å²) >= 11 is 0. The van der Waals surface area contributed by atoms with Crippen molar-refractivity contribution in [3.05, 3.63) is 77.2 Å². The van der Waals surface area contributed by atoms with E-state index in [1.807, 2.05) is 37.3 Å². The van der Waals surface area contributed by atoms with Crippen molar-refractivity contribution in [1.29, 1.82) is 0 Å². The lowest BCUT2D eigenvalue weighted by molar-refractivity contribution is -0.139. The number of carbonyl (C=O) groups excluding carboxylic acids is 3. The summed E-state index contributed by atoms with van der Waals surface area (Å²) < 4.78 is 19.4. The first-order valence-corrected chi connectivity index (χ1v) is 12.3. The molecular weight excluding hydrogens is 477 g/mol. The second kappa shape index (κ2) is 11.4. The van der Waals surface area contributed by atoms with Gasteiger partial charge in [-0.2, -0.15) is 0 Å². The minimum absolute atomic E-state index is 0.106. The molecule has 0 spiro atoms. The summed E-state index contributed by atoms with van der Waals surface area (Å²) in [7, 11) is 1.60. The molecule has 2 atom stereocenters. The number of nitrogens with one attached hydrogen (secondary N) is 2. The standard InChI is InChI=1S/C27H32FN5O4/c1-4-37-25(34)23-22(31(3)26(35)30-24(23)19-9-8-10-20(28)15-19)17-32-13-14-33(18(2)16-32)27(36)29-21-11-6-5-7-12-21/h5-12,15,18,24H,4,13-14,16-17H2,1-3H3,(H,29,36)(H,30,35)/t18-,24-/m0/s1. The van der Waals surface area contributed by atoms with E-state index in [0.717, 1.165) is 5.69 Å². The zero-order valence-corrected chi connectivity index (χ0v) is 21.2. The summed E-state index contributed by atoms with van der Waals surface area (Å²) in [6.07, 6.45) is 0. The fourth-order valence-corrected chi connectivity index (χ4v) is 4.74. The molecule has 0 bridgehead atoms. The number of para-hydroxylation sites is 1. The van der Waals surface area contributed by atoms with Gasteiger partial charge in [0.15, 0.2) is 0 Å². The van der Waals surface area contributed by atoms with Crippen LogP contribution >= 0.6 is 0 Å². The van der Waals surface area contributed by atoms with Crippen LogP contribution in [0, 0.1) is 5.82 Å². The summed E-state index contributed by atoms with van der Waals surface area (Å²) in [4.78, 5) is 44.1. The number of nitrogens with zero attached hydrogens (tertiary/aromatic N) is 3. The minimum atomic E-state index is -0.844. The van der Waals surface area contributed by atoms with Gasteiger partial charge in [0.2, 0.25) is 0 Å². The van der Waals surface area contributed by atoms with Crippen molar-refractivity contribution in [2.75, 3.05) is 45.2 Å². The molecule has 2 aromatic rings. The Morgan fingerprint density at radius 2 is 1.89 bits per heavy atom. The first kappa shape index (κ1) is 26.2. The third kappa shape index (κ3) is 5.91. The third-order valence-corrected chi connectivity index (χ3v) is 6.63. The Morgan fingerprint density at radius 3 is 2.57 bits per heavy atom. The number of amides is 4. The third-order valence-electron chi connectivity index (χ3n) is 6.63. The van der Waals surface area contributed by atoms with Crippen molar-refractivity contribution < 1.29 is 23.5 Å². The van der Waals surface area contributed by atoms with Crippen LogP contribution in [0.1, 0.15) is 25.5 Å². The predicted molar refractivity (Wildman–Crippen MR) is 137 cm³/mol. The van der Waals surface area contributed by atoms with Gasteiger partial charge < -0.3 is 20.3 Å². The molecule has 0 aromatic heterocycles. The molecule has 2 aromatic carbocycles. The molecule has 37 heavy (non-hydrogen) atoms. The Morgan fingerprint density at radius 1 is 1.14 bits per heavy atom. The number of hydrogen-bond acceptors (Lipinski definition) is 5. The first-order valence-electron chi connectivity index (χ1n) is 12.3. The van der Waals surface area contributed by atoms with E-state index < -0.39 is 23.9 Å². The zero-order chi connectivity index (χ0) is 26.5. The highest BCUT2D eigenvalue weighted by atomic mass is 19.1. The number of ether oxygens (including phenoxy) is 1. The van der Waals surface area contributed by atoms with Crippen molar-refractivity contribution in [1.82, 2.24) is 20.0 Å². The van der Waals surface area contributed by atoms with Crippen molar-refractivity contribution in [3.63, 3.8) is 0 Å². The van der Waals surface area contributed by atoms with Gasteiger partial charge in [0.25, 0.3) is 0 Å². The Labute approximate surface area is 215 Å². The van der Waals surface area contributed by atoms with Crippen molar-refractivity contribution in [2.24, 2.45) is 0 Å². The molecule has 0 aliphatic carbocycles. The predicted octanol–water partition coefficient (Wildman–Crippen LogP) is 3.58. The number of hydrogen-bond donors (Lipinski definition) is 2. The van der Waals surface area contributed by atoms with E-state index in [2.05, 4.69) is 15.5 Å². The molecule has 0 radical (unpaired) electrons. The van der Waals surface area contributed by atoms with E-state index >= 15 is 0 Å². The Kier molecular flexibility index (Phi) is 8.08. The Balaban J connectivity index is 1.56. The van der Waals surface area contributed by atoms with Gasteiger partial charge in [-0.05, 0) is 43.7 Å². The highest BCUT2D eigenvalue weighted by Crippen LogP contribution is 2.32. The monoisotopic (exact) mass is 509 g/mol. The van der Waals surface area contributed by atoms with E-state index in [1.165, 1.54) is 17.0 Å². The van der Waals surface area contributed by atoms with Gasteiger partial charge in [-0.15, -0.1) is 0 Å². The summed E-state index contributed by atoms with van der Waals surface area (Å²) in [6, 6.07) is 13.6. The number of halogens is 1. The lowest BCUT2D eigenvalue weighted by Crippen LogP contribution is -2.56. The lowest BCUT2D eigenvalue weighted by atomic mass is 9.94. The second-order valence-corrected chi connectivity index (χ2v) is 9.15. The SMILES string of the molecule is CCOC(=O)C1=C(CN2CCN(C(=O)Nc3ccccc3)[C@@H](C)C2)N(C)C(=O)N[C@H]1c1cccc(F)c1. The molecule has 1 saturated heterocycles. The van der Waals surface area contributed by atoms with Crippen LogP contribution in [0.15, 0.2) is 65.9 Å². The number of rotatable bonds is 6. The summed E-state index contributed by atoms with van der Waals surface area (Å²) in [5.74, 6) is -1.03. The van der Waals surface area contributed by atoms with Crippen LogP contribution in [0.5, 0.6) is 0 Å². The molecule has 9 nitrogen and oxygen atoms in total. The Bertz CT molecular complexity index is 1190. The highest BCUT2D eigenvalue weighted by molar-refractivity contribution is 5.95. The molecule has 2 aliphatic rings. The Hall–Kier alpha value is -3.92. The number of urea groups is 2. The van der Waals surface area contributed by atoms with E-state index in [4.69, 9.17) is 4.74 Å². The maximum Gasteiger partial charge on any atom is 0.338 e. The summed E-state index contributed by atoms with van der Waals surface area (Å²) in [6.45, 7) is 5.70. The van der Waals surface area contributed by atoms with Crippen LogP contribution in [0.3, 0.4) is 0 Å². The highest BCUT2D eigenvalue weighted by Gasteiger charge is 2.38. The molecule has 2 heterocycles. The first-order chi connectivity index (χ1) is 17.8.